The molecule has 0 aliphatic heterocycles. The second kappa shape index (κ2) is 7.16. The number of esters is 2. The Labute approximate surface area is 143 Å². The van der Waals surface area contributed by atoms with Crippen LogP contribution in [0.1, 0.15) is 24.8 Å². The number of hydrogen-bond acceptors (Lipinski definition) is 7. The molecule has 8 heteroatoms. The Balaban J connectivity index is 2.72. The van der Waals surface area contributed by atoms with Gasteiger partial charge in [-0.2, -0.15) is 0 Å². The van der Waals surface area contributed by atoms with Crippen molar-refractivity contribution in [2.24, 2.45) is 0 Å². The number of ether oxygens (including phenoxy) is 2. The normalized spacial score (nSPS) is 17.3. The number of nitro groups is 1. The van der Waals surface area contributed by atoms with E-state index in [2.05, 4.69) is 0 Å². The standard InChI is InChI=1S/C17H17NO7/c1-9-7-12(19)15(17(21)25-3)14(13(9)16(20)24-2)10-5-4-6-11(8-10)18(22)23/h4-6,8,14,19H,7H2,1-3H3. The lowest BCUT2D eigenvalue weighted by molar-refractivity contribution is -0.384. The van der Waals surface area contributed by atoms with Crippen LogP contribution in [0, 0.1) is 10.1 Å². The maximum atomic E-state index is 12.3. The molecule has 25 heavy (non-hydrogen) atoms. The summed E-state index contributed by atoms with van der Waals surface area (Å²) in [6.07, 6.45) is -0.0136. The molecule has 1 atom stereocenters. The molecule has 1 unspecified atom stereocenters. The molecule has 0 radical (unpaired) electrons. The van der Waals surface area contributed by atoms with Crippen molar-refractivity contribution in [3.8, 4) is 0 Å². The molecule has 8 nitrogen and oxygen atoms in total. The van der Waals surface area contributed by atoms with Gasteiger partial charge in [0.05, 0.1) is 30.6 Å². The van der Waals surface area contributed by atoms with Crippen molar-refractivity contribution >= 4 is 17.6 Å². The lowest BCUT2D eigenvalue weighted by Gasteiger charge is -2.28. The number of non-ortho nitro benzene ring substituents is 1. The maximum Gasteiger partial charge on any atom is 0.338 e. The maximum absolute atomic E-state index is 12.3. The van der Waals surface area contributed by atoms with Crippen LogP contribution in [-0.4, -0.2) is 36.2 Å². The van der Waals surface area contributed by atoms with Gasteiger partial charge < -0.3 is 14.6 Å². The van der Waals surface area contributed by atoms with E-state index in [0.29, 0.717) is 11.1 Å². The second-order valence-corrected chi connectivity index (χ2v) is 5.50. The van der Waals surface area contributed by atoms with Gasteiger partial charge in [0.2, 0.25) is 0 Å². The van der Waals surface area contributed by atoms with Gasteiger partial charge in [-0.1, -0.05) is 17.7 Å². The van der Waals surface area contributed by atoms with Gasteiger partial charge in [0.25, 0.3) is 5.69 Å². The van der Waals surface area contributed by atoms with Crippen molar-refractivity contribution in [1.82, 2.24) is 0 Å². The Hall–Kier alpha value is -3.16. The first kappa shape index (κ1) is 18.2. The quantitative estimate of drug-likeness (QED) is 0.505. The highest BCUT2D eigenvalue weighted by Crippen LogP contribution is 2.42. The lowest BCUT2D eigenvalue weighted by atomic mass is 9.77. The van der Waals surface area contributed by atoms with Gasteiger partial charge in [0.1, 0.15) is 5.76 Å². The number of rotatable bonds is 4. The molecule has 2 rings (SSSR count). The molecule has 132 valence electrons. The van der Waals surface area contributed by atoms with E-state index in [0.717, 1.165) is 7.11 Å². The van der Waals surface area contributed by atoms with Gasteiger partial charge in [-0.3, -0.25) is 10.1 Å². The average Bonchev–Trinajstić information content (AvgIpc) is 2.59. The fraction of sp³-hybridized carbons (Fsp3) is 0.294. The summed E-state index contributed by atoms with van der Waals surface area (Å²) in [7, 11) is 2.35. The van der Waals surface area contributed by atoms with Crippen molar-refractivity contribution in [3.05, 3.63) is 62.4 Å². The number of methoxy groups -OCH3 is 2. The Morgan fingerprint density at radius 2 is 1.80 bits per heavy atom. The Morgan fingerprint density at radius 1 is 1.20 bits per heavy atom. The lowest BCUT2D eigenvalue weighted by Crippen LogP contribution is -2.26. The monoisotopic (exact) mass is 347 g/mol. The molecule has 0 saturated carbocycles. The van der Waals surface area contributed by atoms with Crippen LogP contribution in [-0.2, 0) is 19.1 Å². The summed E-state index contributed by atoms with van der Waals surface area (Å²) >= 11 is 0. The van der Waals surface area contributed by atoms with Crippen molar-refractivity contribution in [1.29, 1.82) is 0 Å². The van der Waals surface area contributed by atoms with Crippen LogP contribution in [0.3, 0.4) is 0 Å². The largest absolute Gasteiger partial charge is 0.511 e. The Morgan fingerprint density at radius 3 is 2.36 bits per heavy atom. The molecule has 1 aromatic carbocycles. The second-order valence-electron chi connectivity index (χ2n) is 5.50. The SMILES string of the molecule is COC(=O)C1=C(C)CC(O)=C(C(=O)OC)C1c1cccc([N+](=O)[O-])c1. The van der Waals surface area contributed by atoms with Crippen LogP contribution in [0.4, 0.5) is 5.69 Å². The molecule has 0 amide bonds. The summed E-state index contributed by atoms with van der Waals surface area (Å²) in [5.41, 5.74) is 0.637. The van der Waals surface area contributed by atoms with Gasteiger partial charge in [0, 0.05) is 24.1 Å². The Kier molecular flexibility index (Phi) is 5.21. The number of carbonyl (C=O) groups is 2. The third kappa shape index (κ3) is 3.37. The minimum atomic E-state index is -1.02. The van der Waals surface area contributed by atoms with Crippen LogP contribution in [0.25, 0.3) is 0 Å². The highest BCUT2D eigenvalue weighted by molar-refractivity contribution is 5.99. The first-order valence-corrected chi connectivity index (χ1v) is 7.34. The number of benzene rings is 1. The van der Waals surface area contributed by atoms with E-state index >= 15 is 0 Å². The van der Waals surface area contributed by atoms with E-state index in [-0.39, 0.29) is 29.0 Å². The van der Waals surface area contributed by atoms with Crippen LogP contribution in [0.15, 0.2) is 46.7 Å². The minimum Gasteiger partial charge on any atom is -0.511 e. The van der Waals surface area contributed by atoms with Gasteiger partial charge in [-0.15, -0.1) is 0 Å². The summed E-state index contributed by atoms with van der Waals surface area (Å²) in [6, 6.07) is 5.53. The topological polar surface area (TPSA) is 116 Å². The molecular weight excluding hydrogens is 330 g/mol. The van der Waals surface area contributed by atoms with Crippen molar-refractivity contribution in [2.75, 3.05) is 14.2 Å². The average molecular weight is 347 g/mol. The van der Waals surface area contributed by atoms with Crippen LogP contribution in [0.2, 0.25) is 0 Å². The molecule has 1 aromatic rings. The van der Waals surface area contributed by atoms with Gasteiger partial charge in [-0.25, -0.2) is 9.59 Å². The number of hydrogen-bond donors (Lipinski definition) is 1. The third-order valence-corrected chi connectivity index (χ3v) is 4.01. The van der Waals surface area contributed by atoms with Crippen LogP contribution >= 0.6 is 0 Å². The Bertz CT molecular complexity index is 769. The van der Waals surface area contributed by atoms with Gasteiger partial charge >= 0.3 is 11.9 Å². The van der Waals surface area contributed by atoms with Crippen molar-refractivity contribution in [3.63, 3.8) is 0 Å². The summed E-state index contributed by atoms with van der Waals surface area (Å²) in [5.74, 6) is -2.76. The van der Waals surface area contributed by atoms with Crippen LogP contribution < -0.4 is 0 Å². The zero-order chi connectivity index (χ0) is 18.7. The number of aliphatic hydroxyl groups excluding tert-OH is 1. The molecule has 1 N–H and O–H groups in total. The van der Waals surface area contributed by atoms with Crippen molar-refractivity contribution < 1.29 is 29.1 Å². The highest BCUT2D eigenvalue weighted by atomic mass is 16.6. The summed E-state index contributed by atoms with van der Waals surface area (Å²) < 4.78 is 9.52. The van der Waals surface area contributed by atoms with E-state index in [1.165, 1.54) is 31.4 Å². The molecular formula is C17H17NO7. The molecule has 1 aliphatic carbocycles. The molecule has 1 aliphatic rings. The first-order valence-electron chi connectivity index (χ1n) is 7.34. The highest BCUT2D eigenvalue weighted by Gasteiger charge is 2.39. The molecule has 0 spiro atoms. The van der Waals surface area contributed by atoms with Gasteiger partial charge in [0.15, 0.2) is 0 Å². The fourth-order valence-corrected chi connectivity index (χ4v) is 2.90. The predicted molar refractivity (Wildman–Crippen MR) is 86.8 cm³/mol. The van der Waals surface area contributed by atoms with E-state index in [9.17, 15) is 24.8 Å². The van der Waals surface area contributed by atoms with Gasteiger partial charge in [-0.05, 0) is 12.5 Å². The molecule has 0 bridgehead atoms. The number of carbonyl (C=O) groups excluding carboxylic acids is 2. The first-order chi connectivity index (χ1) is 11.8. The molecule has 0 aromatic heterocycles. The smallest absolute Gasteiger partial charge is 0.338 e. The predicted octanol–water partition coefficient (Wildman–Crippen LogP) is 2.56. The third-order valence-electron chi connectivity index (χ3n) is 4.01. The van der Waals surface area contributed by atoms with Crippen molar-refractivity contribution in [2.45, 2.75) is 19.3 Å². The summed E-state index contributed by atoms with van der Waals surface area (Å²) in [5, 5.41) is 21.3. The molecule has 0 fully saturated rings. The number of allylic oxidation sites excluding steroid dienone is 1. The summed E-state index contributed by atoms with van der Waals surface area (Å²) in [4.78, 5) is 34.9. The van der Waals surface area contributed by atoms with E-state index < -0.39 is 22.8 Å². The van der Waals surface area contributed by atoms with Crippen LogP contribution in [0.5, 0.6) is 0 Å². The minimum absolute atomic E-state index is 0.0136. The molecule has 0 saturated heterocycles. The zero-order valence-electron chi connectivity index (χ0n) is 13.9. The number of nitrogens with zero attached hydrogens (tertiary/aromatic N) is 1. The van der Waals surface area contributed by atoms with E-state index in [1.807, 2.05) is 0 Å². The number of nitro benzene ring substituents is 1. The number of aliphatic hydroxyl groups is 1. The summed E-state index contributed by atoms with van der Waals surface area (Å²) in [6.45, 7) is 1.63. The van der Waals surface area contributed by atoms with E-state index in [4.69, 9.17) is 9.47 Å². The zero-order valence-corrected chi connectivity index (χ0v) is 13.9. The fourth-order valence-electron chi connectivity index (χ4n) is 2.90. The molecule has 0 heterocycles. The van der Waals surface area contributed by atoms with E-state index in [1.54, 1.807) is 6.92 Å².